The number of amides is 1. The summed E-state index contributed by atoms with van der Waals surface area (Å²) in [4.78, 5) is 12.8. The number of hydrogen-bond donors (Lipinski definition) is 1. The average Bonchev–Trinajstić information content (AvgIpc) is 2.72. The molecule has 0 aliphatic rings. The molecule has 0 heterocycles. The average molecular weight is 518 g/mol. The number of rotatable bonds is 7. The van der Waals surface area contributed by atoms with Crippen LogP contribution in [0.25, 0.3) is 0 Å². The molecule has 1 amide bonds. The molecule has 3 aromatic carbocycles. The Kier molecular flexibility index (Phi) is 7.86. The molecular weight excluding hydrogens is 502 g/mol. The fourth-order valence-electron chi connectivity index (χ4n) is 2.75. The molecule has 0 saturated carbocycles. The van der Waals surface area contributed by atoms with Gasteiger partial charge in [-0.2, -0.15) is 4.31 Å². The summed E-state index contributed by atoms with van der Waals surface area (Å²) < 4.78 is 27.5. The lowest BCUT2D eigenvalue weighted by atomic mass is 10.2. The largest absolute Gasteiger partial charge is 0.324 e. The first-order chi connectivity index (χ1) is 14.7. The zero-order valence-electron chi connectivity index (χ0n) is 15.9. The Morgan fingerprint density at radius 3 is 2.06 bits per heavy atom. The van der Waals surface area contributed by atoms with Gasteiger partial charge in [0.05, 0.1) is 22.2 Å². The molecule has 0 aromatic heterocycles. The summed E-state index contributed by atoms with van der Waals surface area (Å²) in [5.74, 6) is -0.575. The van der Waals surface area contributed by atoms with E-state index in [1.54, 1.807) is 36.4 Å². The SMILES string of the molecule is O=C(CN(Cc1ccc(Cl)cc1Cl)S(=O)(=O)c1ccccc1)Nc1ccc(Cl)cc1Cl. The van der Waals surface area contributed by atoms with E-state index in [1.165, 1.54) is 30.3 Å². The van der Waals surface area contributed by atoms with Crippen LogP contribution in [0, 0.1) is 0 Å². The lowest BCUT2D eigenvalue weighted by Gasteiger charge is -2.22. The van der Waals surface area contributed by atoms with E-state index in [0.29, 0.717) is 26.3 Å². The Morgan fingerprint density at radius 1 is 0.839 bits per heavy atom. The second-order valence-corrected chi connectivity index (χ2v) is 10.1. The van der Waals surface area contributed by atoms with Crippen molar-refractivity contribution in [2.75, 3.05) is 11.9 Å². The molecule has 162 valence electrons. The highest BCUT2D eigenvalue weighted by Crippen LogP contribution is 2.27. The van der Waals surface area contributed by atoms with E-state index in [4.69, 9.17) is 46.4 Å². The summed E-state index contributed by atoms with van der Waals surface area (Å²) in [5, 5.41) is 3.97. The van der Waals surface area contributed by atoms with Crippen LogP contribution in [0.15, 0.2) is 71.6 Å². The van der Waals surface area contributed by atoms with Crippen molar-refractivity contribution in [1.29, 1.82) is 0 Å². The maximum Gasteiger partial charge on any atom is 0.243 e. The monoisotopic (exact) mass is 516 g/mol. The molecule has 0 radical (unpaired) electrons. The van der Waals surface area contributed by atoms with Gasteiger partial charge in [-0.15, -0.1) is 0 Å². The summed E-state index contributed by atoms with van der Waals surface area (Å²) >= 11 is 24.1. The van der Waals surface area contributed by atoms with Crippen molar-refractivity contribution in [3.63, 3.8) is 0 Å². The van der Waals surface area contributed by atoms with E-state index < -0.39 is 22.5 Å². The predicted molar refractivity (Wildman–Crippen MR) is 126 cm³/mol. The van der Waals surface area contributed by atoms with Crippen molar-refractivity contribution >= 4 is 68.0 Å². The minimum atomic E-state index is -4.00. The van der Waals surface area contributed by atoms with Crippen LogP contribution in [0.4, 0.5) is 5.69 Å². The molecule has 3 aromatic rings. The van der Waals surface area contributed by atoms with E-state index in [0.717, 1.165) is 4.31 Å². The number of nitrogens with zero attached hydrogens (tertiary/aromatic N) is 1. The molecular formula is C21H16Cl4N2O3S. The summed E-state index contributed by atoms with van der Waals surface area (Å²) in [6.07, 6.45) is 0. The number of sulfonamides is 1. The van der Waals surface area contributed by atoms with Crippen molar-refractivity contribution in [3.05, 3.63) is 92.4 Å². The van der Waals surface area contributed by atoms with Gasteiger partial charge in [0.2, 0.25) is 15.9 Å². The van der Waals surface area contributed by atoms with Crippen molar-refractivity contribution in [2.24, 2.45) is 0 Å². The number of carbonyl (C=O) groups is 1. The molecule has 31 heavy (non-hydrogen) atoms. The maximum atomic E-state index is 13.2. The quantitative estimate of drug-likeness (QED) is 0.410. The lowest BCUT2D eigenvalue weighted by Crippen LogP contribution is -2.37. The van der Waals surface area contributed by atoms with E-state index in [2.05, 4.69) is 5.32 Å². The van der Waals surface area contributed by atoms with Crippen LogP contribution in [-0.4, -0.2) is 25.2 Å². The molecule has 5 nitrogen and oxygen atoms in total. The van der Waals surface area contributed by atoms with Gasteiger partial charge >= 0.3 is 0 Å². The highest BCUT2D eigenvalue weighted by Gasteiger charge is 2.27. The van der Waals surface area contributed by atoms with Crippen LogP contribution in [0.1, 0.15) is 5.56 Å². The zero-order chi connectivity index (χ0) is 22.6. The van der Waals surface area contributed by atoms with Gasteiger partial charge in [0.1, 0.15) is 0 Å². The fraction of sp³-hybridized carbons (Fsp3) is 0.0952. The Labute approximate surface area is 200 Å². The number of halogens is 4. The molecule has 10 heteroatoms. The molecule has 0 atom stereocenters. The van der Waals surface area contributed by atoms with Crippen LogP contribution in [0.3, 0.4) is 0 Å². The van der Waals surface area contributed by atoms with Crippen molar-refractivity contribution in [3.8, 4) is 0 Å². The molecule has 0 bridgehead atoms. The van der Waals surface area contributed by atoms with E-state index in [9.17, 15) is 13.2 Å². The van der Waals surface area contributed by atoms with E-state index in [-0.39, 0.29) is 16.5 Å². The van der Waals surface area contributed by atoms with Gasteiger partial charge < -0.3 is 5.32 Å². The smallest absolute Gasteiger partial charge is 0.243 e. The van der Waals surface area contributed by atoms with E-state index >= 15 is 0 Å². The molecule has 0 aliphatic heterocycles. The Hall–Kier alpha value is -1.80. The van der Waals surface area contributed by atoms with Gasteiger partial charge in [0.25, 0.3) is 0 Å². The maximum absolute atomic E-state index is 13.2. The summed E-state index contributed by atoms with van der Waals surface area (Å²) in [7, 11) is -4.00. The normalized spacial score (nSPS) is 11.5. The first-order valence-corrected chi connectivity index (χ1v) is 11.9. The van der Waals surface area contributed by atoms with Crippen LogP contribution >= 0.6 is 46.4 Å². The number of carbonyl (C=O) groups excluding carboxylic acids is 1. The molecule has 1 N–H and O–H groups in total. The third-order valence-electron chi connectivity index (χ3n) is 4.27. The Morgan fingerprint density at radius 2 is 1.45 bits per heavy atom. The standard InChI is InChI=1S/C21H16Cl4N2O3S/c22-15-7-6-14(18(24)10-15)12-27(31(29,30)17-4-2-1-3-5-17)13-21(28)26-20-9-8-16(23)11-19(20)25/h1-11H,12-13H2,(H,26,28). The summed E-state index contributed by atoms with van der Waals surface area (Å²) in [5.41, 5.74) is 0.820. The van der Waals surface area contributed by atoms with Crippen LogP contribution in [0.2, 0.25) is 20.1 Å². The van der Waals surface area contributed by atoms with Gasteiger partial charge in [0, 0.05) is 21.6 Å². The van der Waals surface area contributed by atoms with Gasteiger partial charge in [-0.25, -0.2) is 8.42 Å². The number of anilines is 1. The minimum absolute atomic E-state index is 0.0532. The van der Waals surface area contributed by atoms with Crippen LogP contribution in [0.5, 0.6) is 0 Å². The molecule has 3 rings (SSSR count). The van der Waals surface area contributed by atoms with Crippen molar-refractivity contribution < 1.29 is 13.2 Å². The number of benzene rings is 3. The zero-order valence-corrected chi connectivity index (χ0v) is 19.7. The van der Waals surface area contributed by atoms with Crippen LogP contribution < -0.4 is 5.32 Å². The van der Waals surface area contributed by atoms with Crippen LogP contribution in [-0.2, 0) is 21.4 Å². The second-order valence-electron chi connectivity index (χ2n) is 6.49. The molecule has 0 aliphatic carbocycles. The third kappa shape index (κ3) is 6.13. The molecule has 0 saturated heterocycles. The Balaban J connectivity index is 1.90. The predicted octanol–water partition coefficient (Wildman–Crippen LogP) is 6.13. The Bertz CT molecular complexity index is 1200. The topological polar surface area (TPSA) is 66.5 Å². The number of nitrogens with one attached hydrogen (secondary N) is 1. The summed E-state index contributed by atoms with van der Waals surface area (Å²) in [6, 6.07) is 17.1. The first-order valence-electron chi connectivity index (χ1n) is 8.91. The van der Waals surface area contributed by atoms with E-state index in [1.807, 2.05) is 0 Å². The third-order valence-corrected chi connectivity index (χ3v) is 7.21. The summed E-state index contributed by atoms with van der Waals surface area (Å²) in [6.45, 7) is -0.593. The van der Waals surface area contributed by atoms with Gasteiger partial charge in [-0.05, 0) is 48.0 Å². The van der Waals surface area contributed by atoms with Gasteiger partial charge in [-0.1, -0.05) is 70.7 Å². The highest BCUT2D eigenvalue weighted by atomic mass is 35.5. The van der Waals surface area contributed by atoms with Crippen molar-refractivity contribution in [2.45, 2.75) is 11.4 Å². The fourth-order valence-corrected chi connectivity index (χ4v) is 5.07. The van der Waals surface area contributed by atoms with Gasteiger partial charge in [-0.3, -0.25) is 4.79 Å². The second kappa shape index (κ2) is 10.2. The lowest BCUT2D eigenvalue weighted by molar-refractivity contribution is -0.116. The highest BCUT2D eigenvalue weighted by molar-refractivity contribution is 7.89. The number of hydrogen-bond acceptors (Lipinski definition) is 3. The molecule has 0 spiro atoms. The van der Waals surface area contributed by atoms with Crippen molar-refractivity contribution in [1.82, 2.24) is 4.31 Å². The molecule has 0 fully saturated rings. The minimum Gasteiger partial charge on any atom is -0.324 e. The molecule has 0 unspecified atom stereocenters. The first kappa shape index (κ1) is 23.9. The van der Waals surface area contributed by atoms with Gasteiger partial charge in [0.15, 0.2) is 0 Å².